The fourth-order valence-electron chi connectivity index (χ4n) is 4.07. The number of hydrogen-bond donors (Lipinski definition) is 2. The van der Waals surface area contributed by atoms with Crippen LogP contribution in [0.1, 0.15) is 56.6 Å². The molecular formula is C27H34N2O5. The van der Waals surface area contributed by atoms with Gasteiger partial charge in [0.2, 0.25) is 5.91 Å². The Morgan fingerprint density at radius 3 is 2.09 bits per heavy atom. The number of carbonyl (C=O) groups excluding carboxylic acids is 3. The molecule has 34 heavy (non-hydrogen) atoms. The molecule has 7 nitrogen and oxygen atoms in total. The average molecular weight is 467 g/mol. The topological polar surface area (TPSA) is 93.7 Å². The van der Waals surface area contributed by atoms with Gasteiger partial charge in [0.05, 0.1) is 0 Å². The van der Waals surface area contributed by atoms with E-state index >= 15 is 0 Å². The first-order chi connectivity index (χ1) is 16.5. The Hall–Kier alpha value is -3.35. The van der Waals surface area contributed by atoms with Crippen LogP contribution in [0.25, 0.3) is 0 Å². The van der Waals surface area contributed by atoms with E-state index in [2.05, 4.69) is 17.6 Å². The minimum atomic E-state index is -0.985. The summed E-state index contributed by atoms with van der Waals surface area (Å²) in [5, 5.41) is 5.66. The number of alkyl carbamates (subject to hydrolysis) is 1. The number of nitrogens with one attached hydrogen (secondary N) is 2. The van der Waals surface area contributed by atoms with Gasteiger partial charge in [-0.25, -0.2) is 9.59 Å². The van der Waals surface area contributed by atoms with Gasteiger partial charge in [-0.3, -0.25) is 4.79 Å². The molecule has 0 saturated heterocycles. The molecule has 0 radical (unpaired) electrons. The van der Waals surface area contributed by atoms with Gasteiger partial charge in [0, 0.05) is 12.5 Å². The average Bonchev–Trinajstić information content (AvgIpc) is 2.86. The molecule has 3 atom stereocenters. The summed E-state index contributed by atoms with van der Waals surface area (Å²) < 4.78 is 10.7. The highest BCUT2D eigenvalue weighted by Crippen LogP contribution is 2.23. The van der Waals surface area contributed by atoms with Crippen LogP contribution in [0.2, 0.25) is 0 Å². The highest BCUT2D eigenvalue weighted by atomic mass is 16.6. The zero-order chi connectivity index (χ0) is 24.2. The second kappa shape index (κ2) is 13.4. The first-order valence-corrected chi connectivity index (χ1v) is 12.0. The molecule has 2 aromatic rings. The van der Waals surface area contributed by atoms with Crippen LogP contribution < -0.4 is 10.6 Å². The van der Waals surface area contributed by atoms with E-state index < -0.39 is 18.1 Å². The number of hydrogen-bond acceptors (Lipinski definition) is 5. The number of amides is 2. The van der Waals surface area contributed by atoms with Gasteiger partial charge in [-0.2, -0.15) is 0 Å². The Kier molecular flexibility index (Phi) is 9.95. The van der Waals surface area contributed by atoms with Gasteiger partial charge in [0.1, 0.15) is 19.3 Å². The van der Waals surface area contributed by atoms with Crippen LogP contribution in [-0.4, -0.2) is 30.1 Å². The van der Waals surface area contributed by atoms with Crippen molar-refractivity contribution in [3.63, 3.8) is 0 Å². The fourth-order valence-corrected chi connectivity index (χ4v) is 4.07. The second-order valence-corrected chi connectivity index (χ2v) is 8.83. The third-order valence-electron chi connectivity index (χ3n) is 6.13. The van der Waals surface area contributed by atoms with Crippen LogP contribution in [0.4, 0.5) is 4.79 Å². The molecule has 1 aliphatic carbocycles. The number of rotatable bonds is 10. The number of esters is 1. The molecule has 0 spiro atoms. The van der Waals surface area contributed by atoms with Crippen molar-refractivity contribution < 1.29 is 23.9 Å². The van der Waals surface area contributed by atoms with Crippen molar-refractivity contribution in [3.8, 4) is 0 Å². The van der Waals surface area contributed by atoms with Crippen LogP contribution in [0, 0.1) is 5.92 Å². The van der Waals surface area contributed by atoms with Gasteiger partial charge in [0.15, 0.2) is 0 Å². The minimum absolute atomic E-state index is 0.0819. The van der Waals surface area contributed by atoms with E-state index in [4.69, 9.17) is 9.47 Å². The van der Waals surface area contributed by atoms with E-state index in [1.807, 2.05) is 60.7 Å². The SMILES string of the molecule is C[C@H]1CCCC[C@@H]1NC(=O)CC[C@H](NC(=O)OCc1ccccc1)C(=O)OCc1ccccc1. The maximum absolute atomic E-state index is 12.8. The quantitative estimate of drug-likeness (QED) is 0.503. The molecule has 182 valence electrons. The van der Waals surface area contributed by atoms with Crippen molar-refractivity contribution in [1.82, 2.24) is 10.6 Å². The Morgan fingerprint density at radius 2 is 1.47 bits per heavy atom. The van der Waals surface area contributed by atoms with Crippen molar-refractivity contribution in [2.24, 2.45) is 5.92 Å². The van der Waals surface area contributed by atoms with E-state index in [0.717, 1.165) is 30.4 Å². The molecule has 2 N–H and O–H groups in total. The first kappa shape index (κ1) is 25.3. The Balaban J connectivity index is 1.53. The number of carbonyl (C=O) groups is 3. The summed E-state index contributed by atoms with van der Waals surface area (Å²) in [5.74, 6) is -0.283. The smallest absolute Gasteiger partial charge is 0.408 e. The van der Waals surface area contributed by atoms with E-state index in [1.54, 1.807) is 0 Å². The molecule has 0 aliphatic heterocycles. The third kappa shape index (κ3) is 8.54. The summed E-state index contributed by atoms with van der Waals surface area (Å²) >= 11 is 0. The monoisotopic (exact) mass is 466 g/mol. The highest BCUT2D eigenvalue weighted by Gasteiger charge is 2.26. The number of benzene rings is 2. The summed E-state index contributed by atoms with van der Waals surface area (Å²) in [4.78, 5) is 37.7. The van der Waals surface area contributed by atoms with Crippen LogP contribution in [0.5, 0.6) is 0 Å². The van der Waals surface area contributed by atoms with Crippen molar-refractivity contribution in [3.05, 3.63) is 71.8 Å². The summed E-state index contributed by atoms with van der Waals surface area (Å²) in [6.07, 6.45) is 3.88. The molecule has 0 aromatic heterocycles. The van der Waals surface area contributed by atoms with Crippen molar-refractivity contribution in [1.29, 1.82) is 0 Å². The van der Waals surface area contributed by atoms with Gasteiger partial charge >= 0.3 is 12.1 Å². The summed E-state index contributed by atoms with van der Waals surface area (Å²) in [6.45, 7) is 2.32. The molecule has 1 fully saturated rings. The maximum Gasteiger partial charge on any atom is 0.408 e. The molecule has 2 amide bonds. The lowest BCUT2D eigenvalue weighted by Crippen LogP contribution is -2.44. The molecule has 1 saturated carbocycles. The van der Waals surface area contributed by atoms with Gasteiger partial charge in [-0.1, -0.05) is 80.4 Å². The lowest BCUT2D eigenvalue weighted by molar-refractivity contribution is -0.147. The van der Waals surface area contributed by atoms with Gasteiger partial charge in [0.25, 0.3) is 0 Å². The summed E-state index contributed by atoms with van der Waals surface area (Å²) in [5.41, 5.74) is 1.67. The maximum atomic E-state index is 12.8. The molecule has 7 heteroatoms. The van der Waals surface area contributed by atoms with Gasteiger partial charge in [-0.15, -0.1) is 0 Å². The highest BCUT2D eigenvalue weighted by molar-refractivity contribution is 5.83. The lowest BCUT2D eigenvalue weighted by atomic mass is 9.86. The standard InChI is InChI=1S/C27H34N2O5/c1-20-10-8-9-15-23(20)28-25(30)17-16-24(26(31)33-18-21-11-4-2-5-12-21)29-27(32)34-19-22-13-6-3-7-14-22/h2-7,11-14,20,23-24H,8-10,15-19H2,1H3,(H,28,30)(H,29,32)/t20-,23-,24-/m0/s1. The van der Waals surface area contributed by atoms with Crippen molar-refractivity contribution in [2.75, 3.05) is 0 Å². The zero-order valence-electron chi connectivity index (χ0n) is 19.7. The summed E-state index contributed by atoms with van der Waals surface area (Å²) in [6, 6.07) is 17.7. The van der Waals surface area contributed by atoms with Crippen molar-refractivity contribution >= 4 is 18.0 Å². The Bertz CT molecular complexity index is 919. The predicted molar refractivity (Wildman–Crippen MR) is 129 cm³/mol. The fraction of sp³-hybridized carbons (Fsp3) is 0.444. The van der Waals surface area contributed by atoms with Gasteiger partial charge in [-0.05, 0) is 36.3 Å². The van der Waals surface area contributed by atoms with Gasteiger partial charge < -0.3 is 20.1 Å². The Labute approximate surface area is 201 Å². The lowest BCUT2D eigenvalue weighted by Gasteiger charge is -2.29. The van der Waals surface area contributed by atoms with Crippen LogP contribution in [-0.2, 0) is 32.3 Å². The van der Waals surface area contributed by atoms with E-state index in [9.17, 15) is 14.4 Å². The third-order valence-corrected chi connectivity index (χ3v) is 6.13. The largest absolute Gasteiger partial charge is 0.459 e. The molecule has 1 aliphatic rings. The van der Waals surface area contributed by atoms with E-state index in [0.29, 0.717) is 5.92 Å². The summed E-state index contributed by atoms with van der Waals surface area (Å²) in [7, 11) is 0. The van der Waals surface area contributed by atoms with Crippen LogP contribution in [0.15, 0.2) is 60.7 Å². The molecule has 3 rings (SSSR count). The first-order valence-electron chi connectivity index (χ1n) is 12.0. The molecule has 0 unspecified atom stereocenters. The second-order valence-electron chi connectivity index (χ2n) is 8.83. The van der Waals surface area contributed by atoms with Crippen LogP contribution in [0.3, 0.4) is 0 Å². The zero-order valence-corrected chi connectivity index (χ0v) is 19.7. The Morgan fingerprint density at radius 1 is 0.882 bits per heavy atom. The normalized spacial score (nSPS) is 18.4. The van der Waals surface area contributed by atoms with Crippen molar-refractivity contribution in [2.45, 2.75) is 70.7 Å². The molecular weight excluding hydrogens is 432 g/mol. The molecule has 0 heterocycles. The van der Waals surface area contributed by atoms with Crippen LogP contribution >= 0.6 is 0 Å². The number of ether oxygens (including phenoxy) is 2. The molecule has 0 bridgehead atoms. The van der Waals surface area contributed by atoms with E-state index in [1.165, 1.54) is 6.42 Å². The van der Waals surface area contributed by atoms with E-state index in [-0.39, 0.29) is 38.0 Å². The predicted octanol–water partition coefficient (Wildman–Crippen LogP) is 4.50. The minimum Gasteiger partial charge on any atom is -0.459 e. The molecule has 2 aromatic carbocycles.